The Hall–Kier alpha value is -1.86. The highest BCUT2D eigenvalue weighted by Gasteiger charge is 2.20. The molecule has 1 aromatic rings. The SMILES string of the molecule is Cc1ccc(C#N)cc1C(=O)N1CCOCC1. The first-order chi connectivity index (χ1) is 8.22. The van der Waals surface area contributed by atoms with Gasteiger partial charge in [-0.1, -0.05) is 6.07 Å². The van der Waals surface area contributed by atoms with Crippen molar-refractivity contribution in [2.75, 3.05) is 26.3 Å². The fraction of sp³-hybridized carbons (Fsp3) is 0.385. The molecule has 1 aliphatic rings. The number of benzene rings is 1. The summed E-state index contributed by atoms with van der Waals surface area (Å²) in [6.07, 6.45) is 0. The Bertz CT molecular complexity index is 471. The standard InChI is InChI=1S/C13H14N2O2/c1-10-2-3-11(9-14)8-12(10)13(16)15-4-6-17-7-5-15/h2-3,8H,4-7H2,1H3. The number of rotatable bonds is 1. The maximum atomic E-state index is 12.2. The van der Waals surface area contributed by atoms with Crippen molar-refractivity contribution >= 4 is 5.91 Å². The van der Waals surface area contributed by atoms with E-state index in [-0.39, 0.29) is 5.91 Å². The molecule has 4 heteroatoms. The first-order valence-corrected chi connectivity index (χ1v) is 5.60. The maximum absolute atomic E-state index is 12.2. The van der Waals surface area contributed by atoms with Gasteiger partial charge in [-0.3, -0.25) is 4.79 Å². The van der Waals surface area contributed by atoms with E-state index in [1.54, 1.807) is 17.0 Å². The first kappa shape index (κ1) is 11.6. The highest BCUT2D eigenvalue weighted by atomic mass is 16.5. The van der Waals surface area contributed by atoms with Crippen LogP contribution in [0.4, 0.5) is 0 Å². The normalized spacial score (nSPS) is 15.4. The van der Waals surface area contributed by atoms with Crippen molar-refractivity contribution in [3.63, 3.8) is 0 Å². The molecular formula is C13H14N2O2. The van der Waals surface area contributed by atoms with Gasteiger partial charge in [0.15, 0.2) is 0 Å². The van der Waals surface area contributed by atoms with Gasteiger partial charge in [-0.25, -0.2) is 0 Å². The van der Waals surface area contributed by atoms with Crippen molar-refractivity contribution in [1.29, 1.82) is 5.26 Å². The number of carbonyl (C=O) groups is 1. The molecular weight excluding hydrogens is 216 g/mol. The molecule has 0 radical (unpaired) electrons. The molecule has 1 aliphatic heterocycles. The van der Waals surface area contributed by atoms with Crippen molar-refractivity contribution < 1.29 is 9.53 Å². The van der Waals surface area contributed by atoms with E-state index >= 15 is 0 Å². The fourth-order valence-corrected chi connectivity index (χ4v) is 1.86. The third kappa shape index (κ3) is 2.45. The van der Waals surface area contributed by atoms with Crippen LogP contribution in [-0.4, -0.2) is 37.1 Å². The quantitative estimate of drug-likeness (QED) is 0.731. The second kappa shape index (κ2) is 4.98. The summed E-state index contributed by atoms with van der Waals surface area (Å²) in [6, 6.07) is 7.26. The smallest absolute Gasteiger partial charge is 0.254 e. The fourth-order valence-electron chi connectivity index (χ4n) is 1.86. The lowest BCUT2D eigenvalue weighted by Crippen LogP contribution is -2.40. The van der Waals surface area contributed by atoms with Crippen molar-refractivity contribution in [2.45, 2.75) is 6.92 Å². The van der Waals surface area contributed by atoms with Crippen LogP contribution in [0.2, 0.25) is 0 Å². The highest BCUT2D eigenvalue weighted by molar-refractivity contribution is 5.96. The van der Waals surface area contributed by atoms with Gasteiger partial charge in [0.2, 0.25) is 0 Å². The molecule has 4 nitrogen and oxygen atoms in total. The van der Waals surface area contributed by atoms with E-state index in [1.807, 2.05) is 13.0 Å². The number of aryl methyl sites for hydroxylation is 1. The molecule has 1 saturated heterocycles. The van der Waals surface area contributed by atoms with Crippen LogP contribution in [0.5, 0.6) is 0 Å². The molecule has 0 unspecified atom stereocenters. The summed E-state index contributed by atoms with van der Waals surface area (Å²) in [5.41, 5.74) is 2.04. The van der Waals surface area contributed by atoms with Gasteiger partial charge in [-0.2, -0.15) is 5.26 Å². The molecule has 0 atom stereocenters. The van der Waals surface area contributed by atoms with E-state index in [2.05, 4.69) is 6.07 Å². The Kier molecular flexibility index (Phi) is 3.40. The topological polar surface area (TPSA) is 53.3 Å². The Balaban J connectivity index is 2.26. The monoisotopic (exact) mass is 230 g/mol. The molecule has 2 rings (SSSR count). The molecule has 1 amide bonds. The van der Waals surface area contributed by atoms with Crippen molar-refractivity contribution in [2.24, 2.45) is 0 Å². The lowest BCUT2D eigenvalue weighted by molar-refractivity contribution is 0.0302. The molecule has 0 N–H and O–H groups in total. The predicted octanol–water partition coefficient (Wildman–Crippen LogP) is 1.34. The average molecular weight is 230 g/mol. The van der Waals surface area contributed by atoms with Gasteiger partial charge in [0.05, 0.1) is 24.8 Å². The Morgan fingerprint density at radius 3 is 2.76 bits per heavy atom. The van der Waals surface area contributed by atoms with Crippen LogP contribution in [0, 0.1) is 18.3 Å². The van der Waals surface area contributed by atoms with E-state index in [0.29, 0.717) is 37.4 Å². The van der Waals surface area contributed by atoms with Crippen LogP contribution in [0.15, 0.2) is 18.2 Å². The van der Waals surface area contributed by atoms with Gasteiger partial charge in [0.1, 0.15) is 0 Å². The number of nitriles is 1. The number of morpholine rings is 1. The van der Waals surface area contributed by atoms with E-state index in [1.165, 1.54) is 0 Å². The lowest BCUT2D eigenvalue weighted by Gasteiger charge is -2.27. The number of hydrogen-bond acceptors (Lipinski definition) is 3. The van der Waals surface area contributed by atoms with Crippen LogP contribution in [0.3, 0.4) is 0 Å². The molecule has 88 valence electrons. The van der Waals surface area contributed by atoms with E-state index in [0.717, 1.165) is 5.56 Å². The number of nitrogens with zero attached hydrogens (tertiary/aromatic N) is 2. The molecule has 1 aromatic carbocycles. The summed E-state index contributed by atoms with van der Waals surface area (Å²) < 4.78 is 5.21. The van der Waals surface area contributed by atoms with Gasteiger partial charge >= 0.3 is 0 Å². The predicted molar refractivity (Wildman–Crippen MR) is 62.6 cm³/mol. The van der Waals surface area contributed by atoms with Crippen LogP contribution >= 0.6 is 0 Å². The van der Waals surface area contributed by atoms with Crippen LogP contribution in [0.25, 0.3) is 0 Å². The van der Waals surface area contributed by atoms with Crippen molar-refractivity contribution in [3.05, 3.63) is 34.9 Å². The van der Waals surface area contributed by atoms with Gasteiger partial charge < -0.3 is 9.64 Å². The second-order valence-electron chi connectivity index (χ2n) is 4.05. The zero-order valence-corrected chi connectivity index (χ0v) is 9.77. The lowest BCUT2D eigenvalue weighted by atomic mass is 10.0. The third-order valence-corrected chi connectivity index (χ3v) is 2.90. The minimum atomic E-state index is -0.0112. The number of carbonyl (C=O) groups excluding carboxylic acids is 1. The maximum Gasteiger partial charge on any atom is 0.254 e. The van der Waals surface area contributed by atoms with Gasteiger partial charge in [0.25, 0.3) is 5.91 Å². The van der Waals surface area contributed by atoms with Crippen LogP contribution < -0.4 is 0 Å². The van der Waals surface area contributed by atoms with Gasteiger partial charge in [-0.15, -0.1) is 0 Å². The van der Waals surface area contributed by atoms with Gasteiger partial charge in [-0.05, 0) is 24.6 Å². The molecule has 1 fully saturated rings. The number of ether oxygens (including phenoxy) is 1. The molecule has 0 saturated carbocycles. The Morgan fingerprint density at radius 1 is 1.41 bits per heavy atom. The summed E-state index contributed by atoms with van der Waals surface area (Å²) >= 11 is 0. The summed E-state index contributed by atoms with van der Waals surface area (Å²) in [7, 11) is 0. The molecule has 17 heavy (non-hydrogen) atoms. The van der Waals surface area contributed by atoms with E-state index in [9.17, 15) is 4.79 Å². The van der Waals surface area contributed by atoms with Crippen molar-refractivity contribution in [1.82, 2.24) is 4.90 Å². The average Bonchev–Trinajstić information content (AvgIpc) is 2.39. The molecule has 0 aromatic heterocycles. The Morgan fingerprint density at radius 2 is 2.12 bits per heavy atom. The van der Waals surface area contributed by atoms with E-state index < -0.39 is 0 Å². The minimum Gasteiger partial charge on any atom is -0.378 e. The summed E-state index contributed by atoms with van der Waals surface area (Å²) in [4.78, 5) is 14.0. The first-order valence-electron chi connectivity index (χ1n) is 5.60. The number of hydrogen-bond donors (Lipinski definition) is 0. The molecule has 0 spiro atoms. The second-order valence-corrected chi connectivity index (χ2v) is 4.05. The molecule has 0 aliphatic carbocycles. The van der Waals surface area contributed by atoms with E-state index in [4.69, 9.17) is 10.00 Å². The van der Waals surface area contributed by atoms with Crippen molar-refractivity contribution in [3.8, 4) is 6.07 Å². The van der Waals surface area contributed by atoms with Crippen LogP contribution in [0.1, 0.15) is 21.5 Å². The summed E-state index contributed by atoms with van der Waals surface area (Å²) in [6.45, 7) is 4.30. The summed E-state index contributed by atoms with van der Waals surface area (Å²) in [5.74, 6) is -0.0112. The zero-order valence-electron chi connectivity index (χ0n) is 9.77. The third-order valence-electron chi connectivity index (χ3n) is 2.90. The van der Waals surface area contributed by atoms with Gasteiger partial charge in [0, 0.05) is 18.7 Å². The zero-order chi connectivity index (χ0) is 12.3. The minimum absolute atomic E-state index is 0.0112. The van der Waals surface area contributed by atoms with Crippen LogP contribution in [-0.2, 0) is 4.74 Å². The largest absolute Gasteiger partial charge is 0.378 e. The number of amides is 1. The highest BCUT2D eigenvalue weighted by Crippen LogP contribution is 2.14. The Labute approximate surface area is 100 Å². The summed E-state index contributed by atoms with van der Waals surface area (Å²) in [5, 5.41) is 8.85. The molecule has 0 bridgehead atoms. The molecule has 1 heterocycles.